The molecule has 1 unspecified atom stereocenters. The first-order valence-electron chi connectivity index (χ1n) is 5.96. The van der Waals surface area contributed by atoms with Crippen molar-refractivity contribution in [2.24, 2.45) is 0 Å². The lowest BCUT2D eigenvalue weighted by molar-refractivity contribution is -0.139. The number of rotatable bonds is 1. The average molecular weight is 216 g/mol. The van der Waals surface area contributed by atoms with Crippen molar-refractivity contribution >= 4 is 5.97 Å². The standard InChI is InChI=1S/C14H16O2/c1-9-2-3-12-11(8-9)10(13(15)16)4-5-14(12)6-7-14/h2-3,8,10H,4-7H2,1H3,(H,15,16). The first kappa shape index (κ1) is 9.88. The maximum atomic E-state index is 11.3. The van der Waals surface area contributed by atoms with Crippen molar-refractivity contribution in [3.05, 3.63) is 34.9 Å². The molecule has 1 saturated carbocycles. The van der Waals surface area contributed by atoms with Crippen LogP contribution in [-0.4, -0.2) is 11.1 Å². The molecule has 0 heterocycles. The number of carboxylic acids is 1. The Morgan fingerprint density at radius 1 is 1.38 bits per heavy atom. The van der Waals surface area contributed by atoms with E-state index in [-0.39, 0.29) is 5.92 Å². The lowest BCUT2D eigenvalue weighted by Crippen LogP contribution is -2.24. The molecule has 1 aromatic carbocycles. The lowest BCUT2D eigenvalue weighted by Gasteiger charge is -2.30. The zero-order valence-corrected chi connectivity index (χ0v) is 9.49. The van der Waals surface area contributed by atoms with E-state index in [1.165, 1.54) is 24.0 Å². The van der Waals surface area contributed by atoms with Crippen LogP contribution in [0.25, 0.3) is 0 Å². The quantitative estimate of drug-likeness (QED) is 0.783. The summed E-state index contributed by atoms with van der Waals surface area (Å²) >= 11 is 0. The highest BCUT2D eigenvalue weighted by Crippen LogP contribution is 2.57. The Hall–Kier alpha value is -1.31. The van der Waals surface area contributed by atoms with Crippen LogP contribution >= 0.6 is 0 Å². The molecule has 1 spiro atoms. The number of hydrogen-bond donors (Lipinski definition) is 1. The maximum Gasteiger partial charge on any atom is 0.310 e. The number of hydrogen-bond acceptors (Lipinski definition) is 1. The van der Waals surface area contributed by atoms with Gasteiger partial charge >= 0.3 is 5.97 Å². The van der Waals surface area contributed by atoms with E-state index < -0.39 is 5.97 Å². The molecule has 2 heteroatoms. The molecule has 0 aliphatic heterocycles. The van der Waals surface area contributed by atoms with Crippen molar-refractivity contribution in [2.75, 3.05) is 0 Å². The molecule has 1 N–H and O–H groups in total. The van der Waals surface area contributed by atoms with Crippen LogP contribution in [0, 0.1) is 6.92 Å². The third-order valence-electron chi connectivity index (χ3n) is 4.22. The minimum absolute atomic E-state index is 0.277. The van der Waals surface area contributed by atoms with Gasteiger partial charge in [-0.05, 0) is 49.1 Å². The predicted molar refractivity (Wildman–Crippen MR) is 61.7 cm³/mol. The summed E-state index contributed by atoms with van der Waals surface area (Å²) in [6.45, 7) is 2.04. The van der Waals surface area contributed by atoms with Gasteiger partial charge in [0.25, 0.3) is 0 Å². The van der Waals surface area contributed by atoms with E-state index in [1.807, 2.05) is 6.92 Å². The van der Waals surface area contributed by atoms with Crippen LogP contribution < -0.4 is 0 Å². The summed E-state index contributed by atoms with van der Waals surface area (Å²) in [5, 5.41) is 9.27. The summed E-state index contributed by atoms with van der Waals surface area (Å²) < 4.78 is 0. The molecule has 3 rings (SSSR count). The highest BCUT2D eigenvalue weighted by Gasteiger charge is 2.49. The van der Waals surface area contributed by atoms with Gasteiger partial charge < -0.3 is 5.11 Å². The average Bonchev–Trinajstić information content (AvgIpc) is 2.98. The summed E-state index contributed by atoms with van der Waals surface area (Å²) in [4.78, 5) is 11.3. The van der Waals surface area contributed by atoms with Crippen LogP contribution in [0.15, 0.2) is 18.2 Å². The highest BCUT2D eigenvalue weighted by atomic mass is 16.4. The van der Waals surface area contributed by atoms with Gasteiger partial charge in [0, 0.05) is 0 Å². The van der Waals surface area contributed by atoms with Crippen molar-refractivity contribution in [1.29, 1.82) is 0 Å². The fourth-order valence-corrected chi connectivity index (χ4v) is 3.09. The Kier molecular flexibility index (Phi) is 1.91. The van der Waals surface area contributed by atoms with E-state index >= 15 is 0 Å². The molecular weight excluding hydrogens is 200 g/mol. The third kappa shape index (κ3) is 1.29. The van der Waals surface area contributed by atoms with Crippen molar-refractivity contribution in [3.63, 3.8) is 0 Å². The van der Waals surface area contributed by atoms with Gasteiger partial charge in [0.15, 0.2) is 0 Å². The monoisotopic (exact) mass is 216 g/mol. The molecule has 84 valence electrons. The summed E-state index contributed by atoms with van der Waals surface area (Å²) in [5.74, 6) is -0.941. The Balaban J connectivity index is 2.14. The fraction of sp³-hybridized carbons (Fsp3) is 0.500. The molecule has 0 bridgehead atoms. The Labute approximate surface area is 95.3 Å². The third-order valence-corrected chi connectivity index (χ3v) is 4.22. The second-order valence-electron chi connectivity index (χ2n) is 5.30. The smallest absolute Gasteiger partial charge is 0.310 e. The molecule has 0 saturated heterocycles. The maximum absolute atomic E-state index is 11.3. The van der Waals surface area contributed by atoms with E-state index in [9.17, 15) is 9.90 Å². The molecular formula is C14H16O2. The predicted octanol–water partition coefficient (Wildman–Crippen LogP) is 2.99. The Morgan fingerprint density at radius 2 is 2.12 bits per heavy atom. The number of benzene rings is 1. The Bertz CT molecular complexity index is 458. The van der Waals surface area contributed by atoms with Gasteiger partial charge in [-0.25, -0.2) is 0 Å². The van der Waals surface area contributed by atoms with Crippen molar-refractivity contribution in [1.82, 2.24) is 0 Å². The molecule has 2 aliphatic carbocycles. The number of aryl methyl sites for hydroxylation is 1. The summed E-state index contributed by atoms with van der Waals surface area (Å²) in [6.07, 6.45) is 4.36. The summed E-state index contributed by atoms with van der Waals surface area (Å²) in [6, 6.07) is 6.35. The van der Waals surface area contributed by atoms with Crippen molar-refractivity contribution in [2.45, 2.75) is 43.9 Å². The van der Waals surface area contributed by atoms with Crippen molar-refractivity contribution in [3.8, 4) is 0 Å². The van der Waals surface area contributed by atoms with Crippen LogP contribution in [0.1, 0.15) is 48.3 Å². The summed E-state index contributed by atoms with van der Waals surface area (Å²) in [5.41, 5.74) is 3.92. The molecule has 0 aromatic heterocycles. The van der Waals surface area contributed by atoms with Gasteiger partial charge in [0.05, 0.1) is 5.92 Å². The number of carboxylic acid groups (broad SMARTS) is 1. The molecule has 1 atom stereocenters. The van der Waals surface area contributed by atoms with Crippen LogP contribution in [0.4, 0.5) is 0 Å². The van der Waals surface area contributed by atoms with Gasteiger partial charge in [0.1, 0.15) is 0 Å². The first-order chi connectivity index (χ1) is 7.62. The van der Waals surface area contributed by atoms with E-state index in [4.69, 9.17) is 0 Å². The zero-order valence-electron chi connectivity index (χ0n) is 9.49. The van der Waals surface area contributed by atoms with E-state index in [0.717, 1.165) is 18.4 Å². The van der Waals surface area contributed by atoms with E-state index in [2.05, 4.69) is 18.2 Å². The van der Waals surface area contributed by atoms with Gasteiger partial charge in [0.2, 0.25) is 0 Å². The number of fused-ring (bicyclic) bond motifs is 2. The topological polar surface area (TPSA) is 37.3 Å². The highest BCUT2D eigenvalue weighted by molar-refractivity contribution is 5.77. The van der Waals surface area contributed by atoms with Gasteiger partial charge in [-0.3, -0.25) is 4.79 Å². The molecule has 2 nitrogen and oxygen atoms in total. The second kappa shape index (κ2) is 3.09. The SMILES string of the molecule is Cc1ccc2c(c1)C(C(=O)O)CCC21CC1. The number of carbonyl (C=O) groups is 1. The molecule has 1 fully saturated rings. The molecule has 0 amide bonds. The molecule has 16 heavy (non-hydrogen) atoms. The minimum atomic E-state index is -0.664. The van der Waals surface area contributed by atoms with Gasteiger partial charge in [-0.1, -0.05) is 23.8 Å². The molecule has 2 aliphatic rings. The van der Waals surface area contributed by atoms with Crippen LogP contribution in [0.2, 0.25) is 0 Å². The van der Waals surface area contributed by atoms with Crippen LogP contribution in [0.3, 0.4) is 0 Å². The number of aliphatic carboxylic acids is 1. The normalized spacial score (nSPS) is 25.2. The fourth-order valence-electron chi connectivity index (χ4n) is 3.09. The largest absolute Gasteiger partial charge is 0.481 e. The second-order valence-corrected chi connectivity index (χ2v) is 5.30. The first-order valence-corrected chi connectivity index (χ1v) is 5.96. The van der Waals surface area contributed by atoms with Crippen LogP contribution in [-0.2, 0) is 10.2 Å². The minimum Gasteiger partial charge on any atom is -0.481 e. The van der Waals surface area contributed by atoms with Crippen LogP contribution in [0.5, 0.6) is 0 Å². The summed E-state index contributed by atoms with van der Waals surface area (Å²) in [7, 11) is 0. The van der Waals surface area contributed by atoms with E-state index in [0.29, 0.717) is 5.41 Å². The lowest BCUT2D eigenvalue weighted by atomic mass is 9.74. The molecule has 1 aromatic rings. The zero-order chi connectivity index (χ0) is 11.3. The van der Waals surface area contributed by atoms with E-state index in [1.54, 1.807) is 0 Å². The van der Waals surface area contributed by atoms with Crippen molar-refractivity contribution < 1.29 is 9.90 Å². The molecule has 0 radical (unpaired) electrons. The van der Waals surface area contributed by atoms with Gasteiger partial charge in [-0.15, -0.1) is 0 Å². The van der Waals surface area contributed by atoms with Gasteiger partial charge in [-0.2, -0.15) is 0 Å². The Morgan fingerprint density at radius 3 is 2.75 bits per heavy atom.